The van der Waals surface area contributed by atoms with Gasteiger partial charge >= 0.3 is 5.97 Å². The van der Waals surface area contributed by atoms with Crippen molar-refractivity contribution in [1.29, 1.82) is 0 Å². The first kappa shape index (κ1) is 14.4. The first-order valence-corrected chi connectivity index (χ1v) is 6.66. The van der Waals surface area contributed by atoms with E-state index in [2.05, 4.69) is 10.3 Å². The average molecular weight is 280 g/mol. The van der Waals surface area contributed by atoms with Crippen molar-refractivity contribution in [3.05, 3.63) is 29.8 Å². The van der Waals surface area contributed by atoms with Crippen LogP contribution in [0.5, 0.6) is 0 Å². The molecule has 1 aromatic heterocycles. The molecule has 0 aromatic carbocycles. The number of pyridine rings is 1. The molecule has 0 spiro atoms. The van der Waals surface area contributed by atoms with E-state index in [1.807, 2.05) is 0 Å². The Balaban J connectivity index is 2.17. The molecular formula is C14H17FN2O3. The summed E-state index contributed by atoms with van der Waals surface area (Å²) in [4.78, 5) is 26.8. The zero-order chi connectivity index (χ0) is 14.6. The molecule has 2 rings (SSSR count). The second kappa shape index (κ2) is 5.98. The summed E-state index contributed by atoms with van der Waals surface area (Å²) < 4.78 is 13.5. The van der Waals surface area contributed by atoms with Gasteiger partial charge in [-0.3, -0.25) is 14.6 Å². The lowest BCUT2D eigenvalue weighted by Crippen LogP contribution is -2.51. The number of nitrogens with zero attached hydrogens (tertiary/aromatic N) is 1. The first-order valence-electron chi connectivity index (χ1n) is 6.66. The summed E-state index contributed by atoms with van der Waals surface area (Å²) in [5.74, 6) is -2.23. The van der Waals surface area contributed by atoms with Crippen LogP contribution in [0.25, 0.3) is 0 Å². The molecule has 1 aromatic rings. The molecule has 0 radical (unpaired) electrons. The number of carbonyl (C=O) groups is 2. The van der Waals surface area contributed by atoms with Crippen LogP contribution in [0.1, 0.15) is 48.9 Å². The third-order valence-corrected chi connectivity index (χ3v) is 3.70. The minimum absolute atomic E-state index is 0.102. The SMILES string of the molecule is O=C(O)CC1(NC(=O)c2ccncc2F)CCCCC1. The monoisotopic (exact) mass is 280 g/mol. The fraction of sp³-hybridized carbons (Fsp3) is 0.500. The Morgan fingerprint density at radius 2 is 2.05 bits per heavy atom. The molecule has 5 nitrogen and oxygen atoms in total. The number of nitrogens with one attached hydrogen (secondary N) is 1. The normalized spacial score (nSPS) is 17.4. The molecule has 1 aliphatic rings. The predicted octanol–water partition coefficient (Wildman–Crippen LogP) is 2.13. The lowest BCUT2D eigenvalue weighted by atomic mass is 9.79. The summed E-state index contributed by atoms with van der Waals surface area (Å²) in [5, 5.41) is 11.8. The van der Waals surface area contributed by atoms with E-state index >= 15 is 0 Å². The number of hydrogen-bond donors (Lipinski definition) is 2. The highest BCUT2D eigenvalue weighted by atomic mass is 19.1. The van der Waals surface area contributed by atoms with E-state index in [0.29, 0.717) is 12.8 Å². The van der Waals surface area contributed by atoms with Crippen LogP contribution in [0.2, 0.25) is 0 Å². The standard InChI is InChI=1S/C14H17FN2O3/c15-11-9-16-7-4-10(11)13(20)17-14(8-12(18)19)5-2-1-3-6-14/h4,7,9H,1-3,5-6,8H2,(H,17,20)(H,18,19). The number of carboxylic acids is 1. The minimum Gasteiger partial charge on any atom is -0.481 e. The quantitative estimate of drug-likeness (QED) is 0.885. The fourth-order valence-electron chi connectivity index (χ4n) is 2.73. The van der Waals surface area contributed by atoms with Crippen molar-refractivity contribution >= 4 is 11.9 Å². The average Bonchev–Trinajstić information content (AvgIpc) is 2.39. The van der Waals surface area contributed by atoms with Crippen LogP contribution in [0.15, 0.2) is 18.5 Å². The molecule has 1 saturated carbocycles. The molecule has 108 valence electrons. The maximum Gasteiger partial charge on any atom is 0.305 e. The van der Waals surface area contributed by atoms with Gasteiger partial charge in [-0.2, -0.15) is 0 Å². The zero-order valence-electron chi connectivity index (χ0n) is 11.1. The van der Waals surface area contributed by atoms with E-state index in [4.69, 9.17) is 5.11 Å². The highest BCUT2D eigenvalue weighted by Crippen LogP contribution is 2.31. The molecule has 6 heteroatoms. The molecule has 0 aliphatic heterocycles. The van der Waals surface area contributed by atoms with Gasteiger partial charge in [0.1, 0.15) is 0 Å². The van der Waals surface area contributed by atoms with Crippen molar-refractivity contribution in [2.45, 2.75) is 44.1 Å². The number of carbonyl (C=O) groups excluding carboxylic acids is 1. The van der Waals surface area contributed by atoms with Gasteiger partial charge in [-0.05, 0) is 18.9 Å². The Bertz CT molecular complexity index is 513. The summed E-state index contributed by atoms with van der Waals surface area (Å²) in [5.41, 5.74) is -0.869. The third kappa shape index (κ3) is 3.31. The molecule has 0 atom stereocenters. The van der Waals surface area contributed by atoms with Crippen molar-refractivity contribution in [2.24, 2.45) is 0 Å². The highest BCUT2D eigenvalue weighted by Gasteiger charge is 2.36. The van der Waals surface area contributed by atoms with E-state index in [0.717, 1.165) is 25.5 Å². The van der Waals surface area contributed by atoms with Crippen molar-refractivity contribution in [1.82, 2.24) is 10.3 Å². The topological polar surface area (TPSA) is 79.3 Å². The maximum atomic E-state index is 13.5. The van der Waals surface area contributed by atoms with Crippen LogP contribution in [0.3, 0.4) is 0 Å². The van der Waals surface area contributed by atoms with Crippen LogP contribution in [-0.4, -0.2) is 27.5 Å². The van der Waals surface area contributed by atoms with Crippen LogP contribution in [0.4, 0.5) is 4.39 Å². The molecule has 0 bridgehead atoms. The largest absolute Gasteiger partial charge is 0.481 e. The Labute approximate surface area is 116 Å². The second-order valence-corrected chi connectivity index (χ2v) is 5.22. The summed E-state index contributed by atoms with van der Waals surface area (Å²) in [6, 6.07) is 1.29. The Morgan fingerprint density at radius 3 is 2.65 bits per heavy atom. The van der Waals surface area contributed by atoms with E-state index in [1.165, 1.54) is 12.3 Å². The second-order valence-electron chi connectivity index (χ2n) is 5.22. The van der Waals surface area contributed by atoms with Crippen molar-refractivity contribution < 1.29 is 19.1 Å². The number of aromatic nitrogens is 1. The number of carboxylic acid groups (broad SMARTS) is 1. The number of halogens is 1. The first-order chi connectivity index (χ1) is 9.52. The molecule has 1 aliphatic carbocycles. The molecule has 2 N–H and O–H groups in total. The molecule has 0 unspecified atom stereocenters. The van der Waals surface area contributed by atoms with E-state index < -0.39 is 23.2 Å². The minimum atomic E-state index is -0.956. The van der Waals surface area contributed by atoms with Crippen molar-refractivity contribution in [2.75, 3.05) is 0 Å². The Hall–Kier alpha value is -1.98. The van der Waals surface area contributed by atoms with Gasteiger partial charge in [0.2, 0.25) is 0 Å². The van der Waals surface area contributed by atoms with Crippen LogP contribution < -0.4 is 5.32 Å². The smallest absolute Gasteiger partial charge is 0.305 e. The van der Waals surface area contributed by atoms with Gasteiger partial charge in [-0.15, -0.1) is 0 Å². The fourth-order valence-corrected chi connectivity index (χ4v) is 2.73. The molecule has 0 saturated heterocycles. The summed E-state index contributed by atoms with van der Waals surface area (Å²) in [7, 11) is 0. The van der Waals surface area contributed by atoms with E-state index in [-0.39, 0.29) is 12.0 Å². The molecule has 1 amide bonds. The molecule has 1 heterocycles. The lowest BCUT2D eigenvalue weighted by molar-refractivity contribution is -0.139. The molecule has 1 fully saturated rings. The van der Waals surface area contributed by atoms with E-state index in [9.17, 15) is 14.0 Å². The number of hydrogen-bond acceptors (Lipinski definition) is 3. The summed E-state index contributed by atoms with van der Waals surface area (Å²) in [6.07, 6.45) is 6.16. The maximum absolute atomic E-state index is 13.5. The zero-order valence-corrected chi connectivity index (χ0v) is 11.1. The van der Waals surface area contributed by atoms with Gasteiger partial charge in [-0.1, -0.05) is 19.3 Å². The van der Waals surface area contributed by atoms with Gasteiger partial charge in [0.05, 0.1) is 23.7 Å². The van der Waals surface area contributed by atoms with Crippen LogP contribution >= 0.6 is 0 Å². The van der Waals surface area contributed by atoms with E-state index in [1.54, 1.807) is 0 Å². The third-order valence-electron chi connectivity index (χ3n) is 3.70. The summed E-state index contributed by atoms with van der Waals surface area (Å²) >= 11 is 0. The van der Waals surface area contributed by atoms with Gasteiger partial charge in [0.25, 0.3) is 5.91 Å². The predicted molar refractivity (Wildman–Crippen MR) is 69.7 cm³/mol. The molecule has 20 heavy (non-hydrogen) atoms. The van der Waals surface area contributed by atoms with Gasteiger partial charge in [-0.25, -0.2) is 4.39 Å². The Morgan fingerprint density at radius 1 is 1.35 bits per heavy atom. The number of amides is 1. The summed E-state index contributed by atoms with van der Waals surface area (Å²) in [6.45, 7) is 0. The van der Waals surface area contributed by atoms with Gasteiger partial charge in [0, 0.05) is 6.20 Å². The number of aliphatic carboxylic acids is 1. The number of rotatable bonds is 4. The van der Waals surface area contributed by atoms with Gasteiger partial charge < -0.3 is 10.4 Å². The molecular weight excluding hydrogens is 263 g/mol. The van der Waals surface area contributed by atoms with Crippen LogP contribution in [0, 0.1) is 5.82 Å². The highest BCUT2D eigenvalue weighted by molar-refractivity contribution is 5.95. The lowest BCUT2D eigenvalue weighted by Gasteiger charge is -2.37. The van der Waals surface area contributed by atoms with Crippen LogP contribution in [-0.2, 0) is 4.79 Å². The van der Waals surface area contributed by atoms with Gasteiger partial charge in [0.15, 0.2) is 5.82 Å². The van der Waals surface area contributed by atoms with Crippen molar-refractivity contribution in [3.8, 4) is 0 Å². The van der Waals surface area contributed by atoms with Crippen molar-refractivity contribution in [3.63, 3.8) is 0 Å². The Kier molecular flexibility index (Phi) is 4.32.